The maximum Gasteiger partial charge on any atom is 0.289 e. The molecule has 1 saturated heterocycles. The molecule has 2 unspecified atom stereocenters. The summed E-state index contributed by atoms with van der Waals surface area (Å²) >= 11 is 0. The number of ether oxygens (including phenoxy) is 1. The number of benzene rings is 1. The van der Waals surface area contributed by atoms with Gasteiger partial charge in [0.15, 0.2) is 12.4 Å². The van der Waals surface area contributed by atoms with E-state index in [9.17, 15) is 19.8 Å². The van der Waals surface area contributed by atoms with Crippen LogP contribution >= 0.6 is 0 Å². The van der Waals surface area contributed by atoms with E-state index in [4.69, 9.17) is 10.5 Å². The number of carbonyl (C=O) groups excluding carboxylic acids is 2. The Labute approximate surface area is 149 Å². The number of pyridine rings is 1. The van der Waals surface area contributed by atoms with Gasteiger partial charge in [-0.25, -0.2) is 0 Å². The summed E-state index contributed by atoms with van der Waals surface area (Å²) in [7, 11) is 0. The van der Waals surface area contributed by atoms with Crippen molar-refractivity contribution in [2.45, 2.75) is 24.9 Å². The molecule has 1 aliphatic rings. The average Bonchev–Trinajstić information content (AvgIpc) is 3.03. The Hall–Kier alpha value is -2.81. The summed E-state index contributed by atoms with van der Waals surface area (Å²) in [6, 6.07) is 9.61. The second-order valence-corrected chi connectivity index (χ2v) is 6.07. The number of nitrogens with one attached hydrogen (secondary N) is 1. The second kappa shape index (κ2) is 7.61. The lowest BCUT2D eigenvalue weighted by Crippen LogP contribution is -2.44. The minimum atomic E-state index is -0.775. The van der Waals surface area contributed by atoms with E-state index in [1.165, 1.54) is 6.07 Å². The van der Waals surface area contributed by atoms with Crippen LogP contribution in [-0.4, -0.2) is 40.8 Å². The number of aliphatic hydroxyl groups excluding tert-OH is 2. The van der Waals surface area contributed by atoms with E-state index >= 15 is 0 Å². The first kappa shape index (κ1) is 18.0. The maximum atomic E-state index is 12.5. The Kier molecular flexibility index (Phi) is 5.27. The molecule has 0 bridgehead atoms. The van der Waals surface area contributed by atoms with Crippen molar-refractivity contribution in [1.82, 2.24) is 0 Å². The Morgan fingerprint density at radius 1 is 1.27 bits per heavy atom. The third kappa shape index (κ3) is 3.88. The van der Waals surface area contributed by atoms with E-state index in [0.29, 0.717) is 23.2 Å². The van der Waals surface area contributed by atoms with Crippen LogP contribution in [-0.2, 0) is 4.74 Å². The number of primary amides is 1. The first-order valence-corrected chi connectivity index (χ1v) is 8.14. The molecule has 1 fully saturated rings. The highest BCUT2D eigenvalue weighted by molar-refractivity contribution is 6.04. The molecule has 8 heteroatoms. The lowest BCUT2D eigenvalue weighted by atomic mass is 10.1. The van der Waals surface area contributed by atoms with Crippen molar-refractivity contribution in [3.8, 4) is 0 Å². The fourth-order valence-corrected chi connectivity index (χ4v) is 2.85. The molecular formula is C18H20N3O5+. The molecule has 8 nitrogen and oxygen atoms in total. The van der Waals surface area contributed by atoms with E-state index in [0.717, 1.165) is 0 Å². The molecule has 2 heterocycles. The van der Waals surface area contributed by atoms with Crippen molar-refractivity contribution in [1.29, 1.82) is 0 Å². The topological polar surface area (TPSA) is 126 Å². The monoisotopic (exact) mass is 358 g/mol. The molecule has 2 aromatic rings. The SMILES string of the molecule is NC(=O)c1cccc(NC(=O)c2ccc[n+](C3OC(CO)C[C@H]3O)c2)c1. The third-order valence-corrected chi connectivity index (χ3v) is 4.15. The molecule has 136 valence electrons. The molecular weight excluding hydrogens is 338 g/mol. The van der Waals surface area contributed by atoms with Gasteiger partial charge in [-0.2, -0.15) is 4.57 Å². The predicted molar refractivity (Wildman–Crippen MR) is 91.2 cm³/mol. The minimum Gasteiger partial charge on any atom is -0.394 e. The van der Waals surface area contributed by atoms with E-state index in [2.05, 4.69) is 5.32 Å². The number of carbonyl (C=O) groups is 2. The highest BCUT2D eigenvalue weighted by Gasteiger charge is 2.40. The Bertz CT molecular complexity index is 826. The van der Waals surface area contributed by atoms with Gasteiger partial charge in [0.2, 0.25) is 5.91 Å². The minimum absolute atomic E-state index is 0.176. The molecule has 0 spiro atoms. The molecule has 3 atom stereocenters. The van der Waals surface area contributed by atoms with Gasteiger partial charge in [-0.05, 0) is 24.3 Å². The molecule has 0 saturated carbocycles. The highest BCUT2D eigenvalue weighted by atomic mass is 16.5. The van der Waals surface area contributed by atoms with Crippen molar-refractivity contribution in [3.05, 3.63) is 59.9 Å². The number of hydrogen-bond donors (Lipinski definition) is 4. The van der Waals surface area contributed by atoms with Crippen LogP contribution in [0.15, 0.2) is 48.8 Å². The molecule has 3 rings (SSSR count). The largest absolute Gasteiger partial charge is 0.394 e. The number of nitrogens with two attached hydrogens (primary N) is 1. The van der Waals surface area contributed by atoms with Gasteiger partial charge in [-0.1, -0.05) is 6.07 Å². The third-order valence-electron chi connectivity index (χ3n) is 4.15. The number of aromatic nitrogens is 1. The van der Waals surface area contributed by atoms with E-state index < -0.39 is 24.3 Å². The number of rotatable bonds is 5. The van der Waals surface area contributed by atoms with Crippen LogP contribution in [0, 0.1) is 0 Å². The van der Waals surface area contributed by atoms with Gasteiger partial charge < -0.3 is 26.0 Å². The number of aliphatic hydroxyl groups is 2. The van der Waals surface area contributed by atoms with Gasteiger partial charge in [0.05, 0.1) is 12.7 Å². The zero-order chi connectivity index (χ0) is 18.7. The molecule has 1 aliphatic heterocycles. The summed E-state index contributed by atoms with van der Waals surface area (Å²) in [6.07, 6.45) is 1.68. The average molecular weight is 358 g/mol. The van der Waals surface area contributed by atoms with Crippen molar-refractivity contribution in [2.24, 2.45) is 5.73 Å². The van der Waals surface area contributed by atoms with Gasteiger partial charge in [0.1, 0.15) is 11.7 Å². The van der Waals surface area contributed by atoms with Crippen molar-refractivity contribution < 1.29 is 29.1 Å². The van der Waals surface area contributed by atoms with E-state index in [1.807, 2.05) is 0 Å². The quantitative estimate of drug-likeness (QED) is 0.558. The number of amides is 2. The summed E-state index contributed by atoms with van der Waals surface area (Å²) in [6.45, 7) is -0.176. The molecule has 5 N–H and O–H groups in total. The summed E-state index contributed by atoms with van der Waals surface area (Å²) in [5.41, 5.74) is 6.33. The zero-order valence-electron chi connectivity index (χ0n) is 13.9. The number of anilines is 1. The Morgan fingerprint density at radius 3 is 2.73 bits per heavy atom. The predicted octanol–water partition coefficient (Wildman–Crippen LogP) is -0.0340. The fraction of sp³-hybridized carbons (Fsp3) is 0.278. The molecule has 0 aliphatic carbocycles. The van der Waals surface area contributed by atoms with Gasteiger partial charge >= 0.3 is 0 Å². The summed E-state index contributed by atoms with van der Waals surface area (Å²) in [5.74, 6) is -0.961. The molecule has 1 aromatic carbocycles. The lowest BCUT2D eigenvalue weighted by molar-refractivity contribution is -0.765. The standard InChI is InChI=1S/C18H19N3O5/c19-16(24)11-3-1-5-13(7-11)20-17(25)12-4-2-6-21(9-12)18-15(23)8-14(10-22)26-18/h1-7,9,14-15,18,22-23H,8,10H2,(H2-,19,20,24,25)/p+1/t14?,15-,18?/m1/s1. The normalized spacial score (nSPS) is 22.2. The van der Waals surface area contributed by atoms with Gasteiger partial charge in [-0.3, -0.25) is 9.59 Å². The van der Waals surface area contributed by atoms with Crippen LogP contribution in [0.1, 0.15) is 33.4 Å². The van der Waals surface area contributed by atoms with Crippen LogP contribution in [0.2, 0.25) is 0 Å². The zero-order valence-corrected chi connectivity index (χ0v) is 13.9. The first-order valence-electron chi connectivity index (χ1n) is 8.14. The molecule has 1 aromatic heterocycles. The number of nitrogens with zero attached hydrogens (tertiary/aromatic N) is 1. The summed E-state index contributed by atoms with van der Waals surface area (Å²) < 4.78 is 7.18. The van der Waals surface area contributed by atoms with Crippen LogP contribution in [0.25, 0.3) is 0 Å². The van der Waals surface area contributed by atoms with Crippen LogP contribution in [0.4, 0.5) is 5.69 Å². The first-order chi connectivity index (χ1) is 12.5. The second-order valence-electron chi connectivity index (χ2n) is 6.07. The number of hydrogen-bond acceptors (Lipinski definition) is 5. The van der Waals surface area contributed by atoms with Gasteiger partial charge in [0, 0.05) is 23.7 Å². The summed E-state index contributed by atoms with van der Waals surface area (Å²) in [4.78, 5) is 23.7. The molecule has 2 amide bonds. The smallest absolute Gasteiger partial charge is 0.289 e. The molecule has 26 heavy (non-hydrogen) atoms. The van der Waals surface area contributed by atoms with Gasteiger partial charge in [0.25, 0.3) is 12.1 Å². The van der Waals surface area contributed by atoms with Crippen LogP contribution in [0.3, 0.4) is 0 Å². The maximum absolute atomic E-state index is 12.5. The lowest BCUT2D eigenvalue weighted by Gasteiger charge is -2.11. The van der Waals surface area contributed by atoms with Crippen LogP contribution in [0.5, 0.6) is 0 Å². The van der Waals surface area contributed by atoms with Crippen molar-refractivity contribution in [2.75, 3.05) is 11.9 Å². The van der Waals surface area contributed by atoms with Crippen LogP contribution < -0.4 is 15.6 Å². The van der Waals surface area contributed by atoms with Crippen molar-refractivity contribution >= 4 is 17.5 Å². The van der Waals surface area contributed by atoms with E-state index in [-0.39, 0.29) is 12.5 Å². The molecule has 0 radical (unpaired) electrons. The van der Waals surface area contributed by atoms with E-state index in [1.54, 1.807) is 47.3 Å². The van der Waals surface area contributed by atoms with Gasteiger partial charge in [-0.15, -0.1) is 0 Å². The Balaban J connectivity index is 1.76. The fourth-order valence-electron chi connectivity index (χ4n) is 2.85. The summed E-state index contributed by atoms with van der Waals surface area (Å²) in [5, 5.41) is 22.0. The highest BCUT2D eigenvalue weighted by Crippen LogP contribution is 2.24. The van der Waals surface area contributed by atoms with Crippen molar-refractivity contribution in [3.63, 3.8) is 0 Å². The Morgan fingerprint density at radius 2 is 2.04 bits per heavy atom.